The van der Waals surface area contributed by atoms with E-state index in [0.29, 0.717) is 6.54 Å². The van der Waals surface area contributed by atoms with Crippen molar-refractivity contribution in [3.8, 4) is 5.75 Å². The molecule has 2 rings (SSSR count). The highest BCUT2D eigenvalue weighted by atomic mass is 16.5. The Bertz CT molecular complexity index is 547. The van der Waals surface area contributed by atoms with E-state index in [0.717, 1.165) is 22.1 Å². The minimum atomic E-state index is -0.381. The van der Waals surface area contributed by atoms with E-state index >= 15 is 0 Å². The van der Waals surface area contributed by atoms with Gasteiger partial charge in [-0.15, -0.1) is 0 Å². The summed E-state index contributed by atoms with van der Waals surface area (Å²) in [6.07, 6.45) is 0. The molecular formula is C15H19NO2. The molecule has 0 aliphatic rings. The van der Waals surface area contributed by atoms with E-state index in [-0.39, 0.29) is 12.0 Å². The molecule has 3 heteroatoms. The normalized spacial score (nSPS) is 14.4. The van der Waals surface area contributed by atoms with Gasteiger partial charge < -0.3 is 15.6 Å². The number of ether oxygens (including phenoxy) is 1. The standard InChI is InChI=1S/C15H19NO2/c1-15(9-16,10-17)13-5-3-12-8-14(18-2)6-4-11(12)7-13/h3-8,17H,9-10,16H2,1-2H3. The fourth-order valence-corrected chi connectivity index (χ4v) is 2.00. The molecule has 96 valence electrons. The highest BCUT2D eigenvalue weighted by Gasteiger charge is 2.24. The van der Waals surface area contributed by atoms with Crippen molar-refractivity contribution in [3.63, 3.8) is 0 Å². The second kappa shape index (κ2) is 4.96. The van der Waals surface area contributed by atoms with Gasteiger partial charge in [0.15, 0.2) is 0 Å². The Morgan fingerprint density at radius 3 is 2.44 bits per heavy atom. The van der Waals surface area contributed by atoms with Gasteiger partial charge in [0.25, 0.3) is 0 Å². The zero-order valence-electron chi connectivity index (χ0n) is 10.8. The van der Waals surface area contributed by atoms with Crippen molar-refractivity contribution in [2.24, 2.45) is 5.73 Å². The Morgan fingerprint density at radius 1 is 1.17 bits per heavy atom. The monoisotopic (exact) mass is 245 g/mol. The summed E-state index contributed by atoms with van der Waals surface area (Å²) in [5.74, 6) is 0.846. The molecule has 0 saturated heterocycles. The van der Waals surface area contributed by atoms with Crippen molar-refractivity contribution >= 4 is 10.8 Å². The molecule has 3 nitrogen and oxygen atoms in total. The summed E-state index contributed by atoms with van der Waals surface area (Å²) in [5, 5.41) is 11.7. The fourth-order valence-electron chi connectivity index (χ4n) is 2.00. The highest BCUT2D eigenvalue weighted by Crippen LogP contribution is 2.27. The second-order valence-electron chi connectivity index (χ2n) is 4.85. The van der Waals surface area contributed by atoms with E-state index < -0.39 is 0 Å². The Morgan fingerprint density at radius 2 is 1.83 bits per heavy atom. The van der Waals surface area contributed by atoms with E-state index in [1.807, 2.05) is 37.3 Å². The van der Waals surface area contributed by atoms with Gasteiger partial charge >= 0.3 is 0 Å². The SMILES string of the molecule is COc1ccc2cc(C(C)(CN)CO)ccc2c1. The number of fused-ring (bicyclic) bond motifs is 1. The van der Waals surface area contributed by atoms with Crippen LogP contribution < -0.4 is 10.5 Å². The van der Waals surface area contributed by atoms with Crippen LogP contribution in [0.5, 0.6) is 5.75 Å². The van der Waals surface area contributed by atoms with Crippen molar-refractivity contribution in [2.75, 3.05) is 20.3 Å². The van der Waals surface area contributed by atoms with Crippen molar-refractivity contribution < 1.29 is 9.84 Å². The Kier molecular flexibility index (Phi) is 3.55. The number of benzene rings is 2. The average Bonchev–Trinajstić information content (AvgIpc) is 2.45. The van der Waals surface area contributed by atoms with Crippen LogP contribution in [0.1, 0.15) is 12.5 Å². The molecule has 0 aromatic heterocycles. The lowest BCUT2D eigenvalue weighted by atomic mass is 9.82. The minimum absolute atomic E-state index is 0.0468. The van der Waals surface area contributed by atoms with Gasteiger partial charge in [-0.3, -0.25) is 0 Å². The molecule has 2 aromatic rings. The maximum Gasteiger partial charge on any atom is 0.119 e. The summed E-state index contributed by atoms with van der Waals surface area (Å²) < 4.78 is 5.20. The van der Waals surface area contributed by atoms with E-state index in [1.165, 1.54) is 0 Å². The molecule has 0 bridgehead atoms. The molecule has 0 aliphatic carbocycles. The van der Waals surface area contributed by atoms with Gasteiger partial charge in [0.2, 0.25) is 0 Å². The first-order valence-electron chi connectivity index (χ1n) is 6.02. The number of hydrogen-bond acceptors (Lipinski definition) is 3. The lowest BCUT2D eigenvalue weighted by Crippen LogP contribution is -2.35. The summed E-state index contributed by atoms with van der Waals surface area (Å²) in [4.78, 5) is 0. The molecule has 0 aliphatic heterocycles. The van der Waals surface area contributed by atoms with E-state index in [4.69, 9.17) is 10.5 Å². The number of aliphatic hydroxyl groups is 1. The Balaban J connectivity index is 2.51. The first kappa shape index (κ1) is 12.9. The van der Waals surface area contributed by atoms with Crippen LogP contribution in [0.2, 0.25) is 0 Å². The van der Waals surface area contributed by atoms with Crippen LogP contribution in [0.25, 0.3) is 10.8 Å². The maximum atomic E-state index is 9.49. The zero-order chi connectivity index (χ0) is 13.2. The molecule has 2 aromatic carbocycles. The molecule has 0 radical (unpaired) electrons. The largest absolute Gasteiger partial charge is 0.497 e. The van der Waals surface area contributed by atoms with Gasteiger partial charge in [-0.2, -0.15) is 0 Å². The first-order valence-corrected chi connectivity index (χ1v) is 6.02. The third-order valence-corrected chi connectivity index (χ3v) is 3.54. The van der Waals surface area contributed by atoms with Crippen LogP contribution in [0, 0.1) is 0 Å². The summed E-state index contributed by atoms with van der Waals surface area (Å²) in [7, 11) is 1.66. The molecule has 0 fully saturated rings. The van der Waals surface area contributed by atoms with Crippen LogP contribution in [-0.2, 0) is 5.41 Å². The van der Waals surface area contributed by atoms with Crippen molar-refractivity contribution in [1.82, 2.24) is 0 Å². The van der Waals surface area contributed by atoms with Crippen molar-refractivity contribution in [1.29, 1.82) is 0 Å². The van der Waals surface area contributed by atoms with Gasteiger partial charge in [-0.05, 0) is 28.5 Å². The van der Waals surface area contributed by atoms with Crippen molar-refractivity contribution in [3.05, 3.63) is 42.0 Å². The quantitative estimate of drug-likeness (QED) is 0.867. The summed E-state index contributed by atoms with van der Waals surface area (Å²) in [6, 6.07) is 12.1. The summed E-state index contributed by atoms with van der Waals surface area (Å²) in [5.41, 5.74) is 6.44. The number of methoxy groups -OCH3 is 1. The van der Waals surface area contributed by atoms with Gasteiger partial charge in [0.1, 0.15) is 5.75 Å². The molecule has 0 spiro atoms. The lowest BCUT2D eigenvalue weighted by Gasteiger charge is -2.26. The number of hydrogen-bond donors (Lipinski definition) is 2. The number of nitrogens with two attached hydrogens (primary N) is 1. The van der Waals surface area contributed by atoms with Crippen LogP contribution in [0.15, 0.2) is 36.4 Å². The smallest absolute Gasteiger partial charge is 0.119 e. The number of aliphatic hydroxyl groups excluding tert-OH is 1. The molecule has 0 heterocycles. The molecule has 18 heavy (non-hydrogen) atoms. The van der Waals surface area contributed by atoms with Crippen LogP contribution in [0.3, 0.4) is 0 Å². The molecule has 3 N–H and O–H groups in total. The Labute approximate surface area is 107 Å². The van der Waals surface area contributed by atoms with Crippen molar-refractivity contribution in [2.45, 2.75) is 12.3 Å². The van der Waals surface area contributed by atoms with E-state index in [2.05, 4.69) is 6.07 Å². The topological polar surface area (TPSA) is 55.5 Å². The second-order valence-corrected chi connectivity index (χ2v) is 4.85. The molecular weight excluding hydrogens is 226 g/mol. The predicted molar refractivity (Wildman–Crippen MR) is 74.0 cm³/mol. The van der Waals surface area contributed by atoms with Gasteiger partial charge in [0, 0.05) is 12.0 Å². The Hall–Kier alpha value is -1.58. The molecule has 1 atom stereocenters. The molecule has 0 saturated carbocycles. The molecule has 0 amide bonds. The van der Waals surface area contributed by atoms with Gasteiger partial charge in [-0.25, -0.2) is 0 Å². The maximum absolute atomic E-state index is 9.49. The van der Waals surface area contributed by atoms with E-state index in [1.54, 1.807) is 7.11 Å². The van der Waals surface area contributed by atoms with E-state index in [9.17, 15) is 5.11 Å². The minimum Gasteiger partial charge on any atom is -0.497 e. The fraction of sp³-hybridized carbons (Fsp3) is 0.333. The highest BCUT2D eigenvalue weighted by molar-refractivity contribution is 5.84. The zero-order valence-corrected chi connectivity index (χ0v) is 10.8. The predicted octanol–water partition coefficient (Wildman–Crippen LogP) is 2.06. The van der Waals surface area contributed by atoms with Gasteiger partial charge in [-0.1, -0.05) is 31.2 Å². The third-order valence-electron chi connectivity index (χ3n) is 3.54. The van der Waals surface area contributed by atoms with Crippen LogP contribution in [0.4, 0.5) is 0 Å². The molecule has 1 unspecified atom stereocenters. The summed E-state index contributed by atoms with van der Waals surface area (Å²) >= 11 is 0. The summed E-state index contributed by atoms with van der Waals surface area (Å²) in [6.45, 7) is 2.44. The lowest BCUT2D eigenvalue weighted by molar-refractivity contribution is 0.210. The number of rotatable bonds is 4. The van der Waals surface area contributed by atoms with Crippen LogP contribution >= 0.6 is 0 Å². The van der Waals surface area contributed by atoms with Crippen LogP contribution in [-0.4, -0.2) is 25.4 Å². The van der Waals surface area contributed by atoms with Gasteiger partial charge in [0.05, 0.1) is 13.7 Å². The first-order chi connectivity index (χ1) is 8.62. The third kappa shape index (κ3) is 2.19. The average molecular weight is 245 g/mol.